The van der Waals surface area contributed by atoms with E-state index in [1.54, 1.807) is 0 Å². The van der Waals surface area contributed by atoms with Crippen molar-refractivity contribution in [3.63, 3.8) is 0 Å². The van der Waals surface area contributed by atoms with E-state index in [-0.39, 0.29) is 18.0 Å². The summed E-state index contributed by atoms with van der Waals surface area (Å²) in [4.78, 5) is 12.3. The Morgan fingerprint density at radius 3 is 2.44 bits per heavy atom. The number of carbonyl (C=O) groups is 1. The molecule has 4 aliphatic carbocycles. The smallest absolute Gasteiger partial charge is 0.306 e. The van der Waals surface area contributed by atoms with Crippen LogP contribution in [-0.4, -0.2) is 29.9 Å². The van der Waals surface area contributed by atoms with Crippen molar-refractivity contribution in [2.45, 2.75) is 57.5 Å². The molecule has 2 atom stereocenters. The fourth-order valence-corrected chi connectivity index (χ4v) is 5.92. The molecule has 5 rings (SSSR count). The number of carbonyl (C=O) groups excluding carboxylic acids is 1. The molecule has 4 fully saturated rings. The van der Waals surface area contributed by atoms with E-state index in [9.17, 15) is 9.90 Å². The lowest BCUT2D eigenvalue weighted by atomic mass is 9.47. The summed E-state index contributed by atoms with van der Waals surface area (Å²) >= 11 is 0. The Kier molecular flexibility index (Phi) is 4.27. The molecule has 0 unspecified atom stereocenters. The van der Waals surface area contributed by atoms with Gasteiger partial charge in [-0.05, 0) is 74.8 Å². The predicted molar refractivity (Wildman–Crippen MR) is 94.3 cm³/mol. The molecular weight excluding hydrogens is 316 g/mol. The Morgan fingerprint density at radius 2 is 1.80 bits per heavy atom. The second kappa shape index (κ2) is 6.31. The number of benzene rings is 1. The lowest BCUT2D eigenvalue weighted by Gasteiger charge is -2.60. The van der Waals surface area contributed by atoms with Crippen LogP contribution < -0.4 is 4.74 Å². The molecule has 0 heterocycles. The van der Waals surface area contributed by atoms with E-state index >= 15 is 0 Å². The zero-order valence-electron chi connectivity index (χ0n) is 15.0. The first-order valence-corrected chi connectivity index (χ1v) is 9.51. The van der Waals surface area contributed by atoms with Gasteiger partial charge in [0.1, 0.15) is 19.0 Å². The van der Waals surface area contributed by atoms with Crippen molar-refractivity contribution in [3.05, 3.63) is 29.8 Å². The van der Waals surface area contributed by atoms with Crippen LogP contribution in [0.25, 0.3) is 0 Å². The third-order valence-corrected chi connectivity index (χ3v) is 6.31. The van der Waals surface area contributed by atoms with E-state index in [1.165, 1.54) is 12.0 Å². The van der Waals surface area contributed by atoms with Gasteiger partial charge >= 0.3 is 5.97 Å². The van der Waals surface area contributed by atoms with Crippen molar-refractivity contribution in [2.24, 2.45) is 17.3 Å². The number of aryl methyl sites for hydroxylation is 1. The van der Waals surface area contributed by atoms with Gasteiger partial charge in [0.25, 0.3) is 0 Å². The summed E-state index contributed by atoms with van der Waals surface area (Å²) < 4.78 is 11.0. The molecule has 4 heteroatoms. The molecular formula is C21H28O4. The molecule has 0 spiro atoms. The van der Waals surface area contributed by atoms with Gasteiger partial charge in [-0.3, -0.25) is 4.79 Å². The van der Waals surface area contributed by atoms with Crippen molar-refractivity contribution >= 4 is 5.97 Å². The highest BCUT2D eigenvalue weighted by atomic mass is 16.6. The van der Waals surface area contributed by atoms with Crippen LogP contribution in [0.3, 0.4) is 0 Å². The number of rotatable bonds is 6. The molecule has 0 amide bonds. The second-order valence-corrected chi connectivity index (χ2v) is 8.74. The number of ether oxygens (including phenoxy) is 2. The average molecular weight is 344 g/mol. The van der Waals surface area contributed by atoms with Crippen molar-refractivity contribution in [2.75, 3.05) is 13.2 Å². The Labute approximate surface area is 149 Å². The fourth-order valence-electron chi connectivity index (χ4n) is 5.92. The maximum Gasteiger partial charge on any atom is 0.306 e. The highest BCUT2D eigenvalue weighted by molar-refractivity contribution is 5.70. The van der Waals surface area contributed by atoms with Crippen LogP contribution in [0.2, 0.25) is 0 Å². The monoisotopic (exact) mass is 344 g/mol. The Balaban J connectivity index is 1.25. The quantitative estimate of drug-likeness (QED) is 0.632. The summed E-state index contributed by atoms with van der Waals surface area (Å²) in [5.74, 6) is 1.86. The highest BCUT2D eigenvalue weighted by Gasteiger charge is 2.57. The van der Waals surface area contributed by atoms with Crippen LogP contribution in [0.1, 0.15) is 50.5 Å². The topological polar surface area (TPSA) is 55.8 Å². The maximum absolute atomic E-state index is 12.3. The van der Waals surface area contributed by atoms with E-state index in [4.69, 9.17) is 9.47 Å². The lowest BCUT2D eigenvalue weighted by Crippen LogP contribution is -2.56. The molecule has 0 aliphatic heterocycles. The van der Waals surface area contributed by atoms with E-state index in [2.05, 4.69) is 0 Å². The van der Waals surface area contributed by atoms with Gasteiger partial charge in [0.05, 0.1) is 12.0 Å². The normalized spacial score (nSPS) is 35.6. The number of aliphatic hydroxyl groups is 1. The van der Waals surface area contributed by atoms with Crippen molar-refractivity contribution in [1.29, 1.82) is 0 Å². The first-order valence-electron chi connectivity index (χ1n) is 9.51. The van der Waals surface area contributed by atoms with E-state index in [1.807, 2.05) is 31.2 Å². The Morgan fingerprint density at radius 1 is 1.12 bits per heavy atom. The third kappa shape index (κ3) is 3.69. The van der Waals surface area contributed by atoms with Crippen LogP contribution in [-0.2, 0) is 9.53 Å². The molecule has 1 aromatic carbocycles. The van der Waals surface area contributed by atoms with Gasteiger partial charge in [-0.1, -0.05) is 17.7 Å². The van der Waals surface area contributed by atoms with E-state index in [0.717, 1.165) is 37.9 Å². The second-order valence-electron chi connectivity index (χ2n) is 8.74. The summed E-state index contributed by atoms with van der Waals surface area (Å²) in [6, 6.07) is 7.85. The van der Waals surface area contributed by atoms with Gasteiger partial charge < -0.3 is 14.6 Å². The van der Waals surface area contributed by atoms with Gasteiger partial charge in [-0.2, -0.15) is 0 Å². The zero-order valence-corrected chi connectivity index (χ0v) is 15.0. The lowest BCUT2D eigenvalue weighted by molar-refractivity contribution is -0.177. The van der Waals surface area contributed by atoms with Crippen LogP contribution in [0.15, 0.2) is 24.3 Å². The highest BCUT2D eigenvalue weighted by Crippen LogP contribution is 2.62. The van der Waals surface area contributed by atoms with Crippen molar-refractivity contribution in [1.82, 2.24) is 0 Å². The number of hydrogen-bond acceptors (Lipinski definition) is 4. The average Bonchev–Trinajstić information content (AvgIpc) is 2.50. The van der Waals surface area contributed by atoms with E-state index in [0.29, 0.717) is 24.9 Å². The SMILES string of the molecule is Cc1ccc(OCCOC(=O)CC23C[C@H]4C[C@@H](CC(O)(C4)C2)C3)cc1. The summed E-state index contributed by atoms with van der Waals surface area (Å²) in [6.45, 7) is 2.68. The minimum Gasteiger partial charge on any atom is -0.490 e. The largest absolute Gasteiger partial charge is 0.490 e. The van der Waals surface area contributed by atoms with Gasteiger partial charge in [-0.15, -0.1) is 0 Å². The van der Waals surface area contributed by atoms with Gasteiger partial charge in [-0.25, -0.2) is 0 Å². The zero-order chi connectivity index (χ0) is 17.5. The minimum atomic E-state index is -0.515. The Hall–Kier alpha value is -1.55. The third-order valence-electron chi connectivity index (χ3n) is 6.31. The molecule has 136 valence electrons. The molecule has 0 radical (unpaired) electrons. The summed E-state index contributed by atoms with van der Waals surface area (Å²) in [5.41, 5.74) is 0.656. The summed E-state index contributed by atoms with van der Waals surface area (Å²) in [7, 11) is 0. The van der Waals surface area contributed by atoms with Crippen LogP contribution in [0.5, 0.6) is 5.75 Å². The summed E-state index contributed by atoms with van der Waals surface area (Å²) in [5, 5.41) is 10.8. The molecule has 25 heavy (non-hydrogen) atoms. The molecule has 4 nitrogen and oxygen atoms in total. The summed E-state index contributed by atoms with van der Waals surface area (Å²) in [6.07, 6.45) is 6.51. The first kappa shape index (κ1) is 16.9. The van der Waals surface area contributed by atoms with Crippen LogP contribution in [0.4, 0.5) is 0 Å². The standard InChI is InChI=1S/C21H28O4/c1-15-2-4-18(5-3-15)24-6-7-25-19(22)13-20-9-16-8-17(10-20)12-21(23,11-16)14-20/h2-5,16-17,23H,6-14H2,1H3/t16-,17-,20?,21?/m1/s1. The molecule has 4 aliphatic rings. The van der Waals surface area contributed by atoms with Crippen molar-refractivity contribution in [3.8, 4) is 5.75 Å². The molecule has 4 saturated carbocycles. The van der Waals surface area contributed by atoms with Gasteiger partial charge in [0.15, 0.2) is 0 Å². The number of hydrogen-bond donors (Lipinski definition) is 1. The molecule has 0 saturated heterocycles. The first-order chi connectivity index (χ1) is 11.9. The van der Waals surface area contributed by atoms with Crippen molar-refractivity contribution < 1.29 is 19.4 Å². The fraction of sp³-hybridized carbons (Fsp3) is 0.667. The van der Waals surface area contributed by atoms with Gasteiger partial charge in [0.2, 0.25) is 0 Å². The van der Waals surface area contributed by atoms with Crippen LogP contribution in [0, 0.1) is 24.2 Å². The number of esters is 1. The molecule has 4 bridgehead atoms. The van der Waals surface area contributed by atoms with E-state index < -0.39 is 5.60 Å². The maximum atomic E-state index is 12.3. The molecule has 0 aromatic heterocycles. The molecule has 1 aromatic rings. The minimum absolute atomic E-state index is 0.0201. The predicted octanol–water partition coefficient (Wildman–Crippen LogP) is 3.64. The van der Waals surface area contributed by atoms with Crippen LogP contribution >= 0.6 is 0 Å². The van der Waals surface area contributed by atoms with Gasteiger partial charge in [0, 0.05) is 0 Å². The Bertz CT molecular complexity index is 622. The molecule has 1 N–H and O–H groups in total.